The van der Waals surface area contributed by atoms with Crippen molar-refractivity contribution in [2.45, 2.75) is 44.6 Å². The number of ether oxygens (including phenoxy) is 1. The van der Waals surface area contributed by atoms with Crippen LogP contribution in [0.25, 0.3) is 0 Å². The van der Waals surface area contributed by atoms with Crippen molar-refractivity contribution in [1.29, 1.82) is 0 Å². The second-order valence-corrected chi connectivity index (χ2v) is 7.40. The van der Waals surface area contributed by atoms with Crippen LogP contribution in [0.4, 0.5) is 0 Å². The van der Waals surface area contributed by atoms with E-state index in [0.717, 1.165) is 30.6 Å². The molecule has 166 valence electrons. The van der Waals surface area contributed by atoms with Crippen molar-refractivity contribution < 1.29 is 33.8 Å². The smallest absolute Gasteiger partial charge is 0.266 e. The molecule has 1 unspecified atom stereocenters. The molecule has 10 heteroatoms. The average Bonchev–Trinajstić information content (AvgIpc) is 3.00. The molecule has 10 nitrogen and oxygen atoms in total. The van der Waals surface area contributed by atoms with Crippen LogP contribution in [-0.4, -0.2) is 65.3 Å². The van der Waals surface area contributed by atoms with Crippen LogP contribution in [0.5, 0.6) is 5.75 Å². The molecule has 0 saturated carbocycles. The molecule has 3 N–H and O–H groups in total. The lowest BCUT2D eigenvalue weighted by Crippen LogP contribution is -2.54. The highest BCUT2D eigenvalue weighted by Gasteiger charge is 2.46. The second kappa shape index (κ2) is 10.2. The lowest BCUT2D eigenvalue weighted by Gasteiger charge is -2.27. The minimum Gasteiger partial charge on any atom is -0.483 e. The zero-order valence-corrected chi connectivity index (χ0v) is 17.0. The average molecular weight is 431 g/mol. The number of hydrogen-bond donors (Lipinski definition) is 3. The summed E-state index contributed by atoms with van der Waals surface area (Å²) in [6.45, 7) is 0.304. The fraction of sp³-hybridized carbons (Fsp3) is 0.476. The monoisotopic (exact) mass is 431 g/mol. The van der Waals surface area contributed by atoms with Gasteiger partial charge in [0.05, 0.1) is 11.1 Å². The third-order valence-corrected chi connectivity index (χ3v) is 5.20. The van der Waals surface area contributed by atoms with Gasteiger partial charge in [-0.1, -0.05) is 18.9 Å². The van der Waals surface area contributed by atoms with Gasteiger partial charge in [-0.25, -0.2) is 0 Å². The van der Waals surface area contributed by atoms with Crippen molar-refractivity contribution in [3.05, 3.63) is 29.3 Å². The summed E-state index contributed by atoms with van der Waals surface area (Å²) in [5.41, 5.74) is 0.102. The number of carbonyl (C=O) groups is 5. The number of aliphatic hydroxyl groups is 1. The Morgan fingerprint density at radius 1 is 1.13 bits per heavy atom. The third-order valence-electron chi connectivity index (χ3n) is 5.20. The van der Waals surface area contributed by atoms with E-state index in [1.807, 2.05) is 0 Å². The van der Waals surface area contributed by atoms with E-state index in [1.54, 1.807) is 0 Å². The fourth-order valence-electron chi connectivity index (χ4n) is 3.62. The summed E-state index contributed by atoms with van der Waals surface area (Å²) in [6.07, 6.45) is 3.39. The van der Waals surface area contributed by atoms with Crippen molar-refractivity contribution in [2.75, 3.05) is 19.8 Å². The molecule has 1 aromatic carbocycles. The molecule has 1 aromatic rings. The quantitative estimate of drug-likeness (QED) is 0.353. The number of aliphatic hydroxyl groups excluding tert-OH is 1. The molecule has 0 bridgehead atoms. The SMILES string of the molecule is O=C(COc1cccc2c1C(=O)N(C1CCC(=O)NC1=O)C2=O)NCCCCCCO. The molecule has 2 heterocycles. The second-order valence-electron chi connectivity index (χ2n) is 7.40. The van der Waals surface area contributed by atoms with Gasteiger partial charge in [0, 0.05) is 19.6 Å². The summed E-state index contributed by atoms with van der Waals surface area (Å²) >= 11 is 0. The minimum absolute atomic E-state index is 0.00834. The van der Waals surface area contributed by atoms with E-state index < -0.39 is 29.7 Å². The molecule has 2 aliphatic rings. The Balaban J connectivity index is 1.61. The summed E-state index contributed by atoms with van der Waals surface area (Å²) in [7, 11) is 0. The van der Waals surface area contributed by atoms with Gasteiger partial charge in [-0.15, -0.1) is 0 Å². The molecule has 2 aliphatic heterocycles. The Hall–Kier alpha value is -3.27. The largest absolute Gasteiger partial charge is 0.483 e. The minimum atomic E-state index is -1.06. The number of piperidine rings is 1. The van der Waals surface area contributed by atoms with Gasteiger partial charge in [-0.2, -0.15) is 0 Å². The first-order valence-electron chi connectivity index (χ1n) is 10.3. The highest BCUT2D eigenvalue weighted by Crippen LogP contribution is 2.33. The summed E-state index contributed by atoms with van der Waals surface area (Å²) in [4.78, 5) is 62.1. The van der Waals surface area contributed by atoms with Crippen LogP contribution in [-0.2, 0) is 14.4 Å². The van der Waals surface area contributed by atoms with Gasteiger partial charge >= 0.3 is 0 Å². The van der Waals surface area contributed by atoms with Crippen molar-refractivity contribution in [1.82, 2.24) is 15.5 Å². The van der Waals surface area contributed by atoms with Gasteiger partial charge in [0.1, 0.15) is 11.8 Å². The maximum Gasteiger partial charge on any atom is 0.266 e. The van der Waals surface area contributed by atoms with Gasteiger partial charge in [0.2, 0.25) is 11.8 Å². The number of imide groups is 2. The molecule has 1 fully saturated rings. The molecular formula is C21H25N3O7. The van der Waals surface area contributed by atoms with Crippen molar-refractivity contribution in [3.8, 4) is 5.75 Å². The Morgan fingerprint density at radius 2 is 1.90 bits per heavy atom. The first-order valence-corrected chi connectivity index (χ1v) is 10.3. The standard InChI is InChI=1S/C21H25N3O7/c25-11-4-2-1-3-10-22-17(27)12-31-15-7-5-6-13-18(15)21(30)24(20(13)29)14-8-9-16(26)23-19(14)28/h5-7,14,25H,1-4,8-12H2,(H,22,27)(H,23,26,28). The Morgan fingerprint density at radius 3 is 2.65 bits per heavy atom. The molecule has 0 spiro atoms. The number of carbonyl (C=O) groups excluding carboxylic acids is 5. The molecule has 0 radical (unpaired) electrons. The first-order chi connectivity index (χ1) is 14.9. The molecule has 3 rings (SSSR count). The molecule has 1 atom stereocenters. The number of amides is 5. The lowest BCUT2D eigenvalue weighted by molar-refractivity contribution is -0.136. The fourth-order valence-corrected chi connectivity index (χ4v) is 3.62. The van der Waals surface area contributed by atoms with Gasteiger partial charge in [0.15, 0.2) is 6.61 Å². The Bertz CT molecular complexity index is 899. The Labute approximate surface area is 178 Å². The summed E-state index contributed by atoms with van der Waals surface area (Å²) in [5.74, 6) is -2.73. The number of nitrogens with zero attached hydrogens (tertiary/aromatic N) is 1. The van der Waals surface area contributed by atoms with Crippen LogP contribution >= 0.6 is 0 Å². The van der Waals surface area contributed by atoms with Gasteiger partial charge in [0.25, 0.3) is 17.7 Å². The molecule has 0 aliphatic carbocycles. The summed E-state index contributed by atoms with van der Waals surface area (Å²) < 4.78 is 5.51. The molecule has 1 saturated heterocycles. The highest BCUT2D eigenvalue weighted by atomic mass is 16.5. The molecule has 31 heavy (non-hydrogen) atoms. The number of hydrogen-bond acceptors (Lipinski definition) is 7. The van der Waals surface area contributed by atoms with E-state index in [-0.39, 0.29) is 48.8 Å². The lowest BCUT2D eigenvalue weighted by atomic mass is 10.0. The highest BCUT2D eigenvalue weighted by molar-refractivity contribution is 6.24. The molecule has 5 amide bonds. The van der Waals surface area contributed by atoms with Crippen LogP contribution in [0.15, 0.2) is 18.2 Å². The van der Waals surface area contributed by atoms with Crippen molar-refractivity contribution in [3.63, 3.8) is 0 Å². The normalized spacial score (nSPS) is 18.1. The van der Waals surface area contributed by atoms with Crippen molar-refractivity contribution >= 4 is 29.5 Å². The van der Waals surface area contributed by atoms with Crippen LogP contribution in [0, 0.1) is 0 Å². The summed E-state index contributed by atoms with van der Waals surface area (Å²) in [6, 6.07) is 3.42. The van der Waals surface area contributed by atoms with Crippen LogP contribution in [0.1, 0.15) is 59.2 Å². The van der Waals surface area contributed by atoms with Gasteiger partial charge in [-0.3, -0.25) is 34.2 Å². The zero-order chi connectivity index (χ0) is 22.4. The number of nitrogens with one attached hydrogen (secondary N) is 2. The van der Waals surface area contributed by atoms with Crippen LogP contribution < -0.4 is 15.4 Å². The number of rotatable bonds is 10. The van der Waals surface area contributed by atoms with E-state index in [4.69, 9.17) is 9.84 Å². The number of fused-ring (bicyclic) bond motifs is 1. The maximum atomic E-state index is 12.9. The van der Waals surface area contributed by atoms with E-state index in [1.165, 1.54) is 18.2 Å². The van der Waals surface area contributed by atoms with E-state index in [9.17, 15) is 24.0 Å². The van der Waals surface area contributed by atoms with Crippen molar-refractivity contribution in [2.24, 2.45) is 0 Å². The predicted molar refractivity (Wildman–Crippen MR) is 107 cm³/mol. The van der Waals surface area contributed by atoms with Gasteiger partial charge in [-0.05, 0) is 31.4 Å². The van der Waals surface area contributed by atoms with E-state index in [0.29, 0.717) is 6.54 Å². The topological polar surface area (TPSA) is 142 Å². The number of benzene rings is 1. The maximum absolute atomic E-state index is 12.9. The van der Waals surface area contributed by atoms with Gasteiger partial charge < -0.3 is 15.2 Å². The molecule has 0 aromatic heterocycles. The summed E-state index contributed by atoms with van der Waals surface area (Å²) in [5, 5.41) is 13.6. The molecular weight excluding hydrogens is 406 g/mol. The number of unbranched alkanes of at least 4 members (excludes halogenated alkanes) is 3. The van der Waals surface area contributed by atoms with Crippen LogP contribution in [0.3, 0.4) is 0 Å². The van der Waals surface area contributed by atoms with E-state index in [2.05, 4.69) is 10.6 Å². The van der Waals surface area contributed by atoms with Crippen LogP contribution in [0.2, 0.25) is 0 Å². The van der Waals surface area contributed by atoms with E-state index >= 15 is 0 Å². The first kappa shape index (κ1) is 22.4. The predicted octanol–water partition coefficient (Wildman–Crippen LogP) is 0.136. The third kappa shape index (κ3) is 5.08. The Kier molecular flexibility index (Phi) is 7.35. The zero-order valence-electron chi connectivity index (χ0n) is 17.0.